The summed E-state index contributed by atoms with van der Waals surface area (Å²) in [5, 5.41) is 4.27. The van der Waals surface area contributed by atoms with Crippen LogP contribution in [-0.4, -0.2) is 16.4 Å². The zero-order valence-electron chi connectivity index (χ0n) is 12.0. The molecule has 0 saturated heterocycles. The van der Waals surface area contributed by atoms with Crippen LogP contribution in [0.3, 0.4) is 0 Å². The molecule has 0 amide bonds. The second-order valence-corrected chi connectivity index (χ2v) is 5.46. The normalized spacial score (nSPS) is 19.6. The number of ether oxygens (including phenoxy) is 1. The van der Waals surface area contributed by atoms with Crippen molar-refractivity contribution in [2.45, 2.75) is 31.9 Å². The minimum Gasteiger partial charge on any atom is -0.373 e. The van der Waals surface area contributed by atoms with Crippen molar-refractivity contribution in [3.8, 4) is 0 Å². The molecule has 2 atom stereocenters. The number of fused-ring (bicyclic) bond motifs is 1. The summed E-state index contributed by atoms with van der Waals surface area (Å²) in [6.07, 6.45) is 3.75. The first kappa shape index (κ1) is 13.3. The smallest absolute Gasteiger partial charge is 0.0845 e. The number of rotatable bonds is 3. The Morgan fingerprint density at radius 3 is 3.00 bits per heavy atom. The van der Waals surface area contributed by atoms with Crippen LogP contribution in [0.4, 0.5) is 0 Å². The molecule has 3 rings (SSSR count). The maximum absolute atomic E-state index is 6.36. The van der Waals surface area contributed by atoms with Crippen LogP contribution in [0.5, 0.6) is 0 Å². The maximum atomic E-state index is 6.36. The highest BCUT2D eigenvalue weighted by molar-refractivity contribution is 5.31. The highest BCUT2D eigenvalue weighted by atomic mass is 16.5. The van der Waals surface area contributed by atoms with Crippen molar-refractivity contribution in [3.05, 3.63) is 52.8 Å². The highest BCUT2D eigenvalue weighted by Gasteiger charge is 2.24. The predicted molar refractivity (Wildman–Crippen MR) is 78.3 cm³/mol. The van der Waals surface area contributed by atoms with Crippen LogP contribution in [-0.2, 0) is 18.2 Å². The van der Waals surface area contributed by atoms with Crippen LogP contribution in [0.1, 0.15) is 41.0 Å². The van der Waals surface area contributed by atoms with Crippen molar-refractivity contribution in [2.75, 3.05) is 6.61 Å². The lowest BCUT2D eigenvalue weighted by molar-refractivity contribution is 0.0319. The van der Waals surface area contributed by atoms with Gasteiger partial charge < -0.3 is 10.5 Å². The highest BCUT2D eigenvalue weighted by Crippen LogP contribution is 2.33. The molecule has 0 fully saturated rings. The van der Waals surface area contributed by atoms with Crippen LogP contribution in [0.2, 0.25) is 0 Å². The molecule has 1 aromatic carbocycles. The number of hydrogen-bond donors (Lipinski definition) is 1. The Morgan fingerprint density at radius 1 is 1.45 bits per heavy atom. The Labute approximate surface area is 119 Å². The number of nitrogens with zero attached hydrogens (tertiary/aromatic N) is 2. The van der Waals surface area contributed by atoms with E-state index < -0.39 is 0 Å². The quantitative estimate of drug-likeness (QED) is 0.933. The molecule has 2 unspecified atom stereocenters. The van der Waals surface area contributed by atoms with Crippen molar-refractivity contribution in [1.82, 2.24) is 9.78 Å². The SMILES string of the molecule is Cc1c(C(N)CC2OCCc3ccccc32)cnn1C. The average molecular weight is 271 g/mol. The van der Waals surface area contributed by atoms with Crippen molar-refractivity contribution >= 4 is 0 Å². The second kappa shape index (κ2) is 5.38. The molecule has 2 N–H and O–H groups in total. The summed E-state index contributed by atoms with van der Waals surface area (Å²) < 4.78 is 7.80. The molecule has 0 saturated carbocycles. The van der Waals surface area contributed by atoms with Gasteiger partial charge in [0, 0.05) is 24.3 Å². The molecule has 106 valence electrons. The Morgan fingerprint density at radius 2 is 2.25 bits per heavy atom. The van der Waals surface area contributed by atoms with Crippen molar-refractivity contribution < 1.29 is 4.74 Å². The van der Waals surface area contributed by atoms with Gasteiger partial charge in [0.25, 0.3) is 0 Å². The van der Waals surface area contributed by atoms with Gasteiger partial charge >= 0.3 is 0 Å². The van der Waals surface area contributed by atoms with Gasteiger partial charge in [-0.1, -0.05) is 24.3 Å². The first-order valence-electron chi connectivity index (χ1n) is 7.10. The number of benzene rings is 1. The van der Waals surface area contributed by atoms with E-state index >= 15 is 0 Å². The summed E-state index contributed by atoms with van der Waals surface area (Å²) in [5.41, 5.74) is 11.3. The molecule has 1 aromatic heterocycles. The minimum atomic E-state index is -0.0418. The van der Waals surface area contributed by atoms with Crippen LogP contribution < -0.4 is 5.73 Å². The van der Waals surface area contributed by atoms with Crippen LogP contribution >= 0.6 is 0 Å². The molecule has 0 radical (unpaired) electrons. The third-order valence-corrected chi connectivity index (χ3v) is 4.23. The topological polar surface area (TPSA) is 53.1 Å². The summed E-state index contributed by atoms with van der Waals surface area (Å²) in [5.74, 6) is 0. The van der Waals surface area contributed by atoms with Gasteiger partial charge in [0.1, 0.15) is 0 Å². The van der Waals surface area contributed by atoms with Gasteiger partial charge in [-0.25, -0.2) is 0 Å². The standard InChI is InChI=1S/C16H21N3O/c1-11-14(10-18-19(11)2)15(17)9-16-13-6-4-3-5-12(13)7-8-20-16/h3-6,10,15-16H,7-9,17H2,1-2H3. The molecule has 0 bridgehead atoms. The maximum Gasteiger partial charge on any atom is 0.0845 e. The predicted octanol–water partition coefficient (Wildman–Crippen LogP) is 2.43. The molecule has 2 aromatic rings. The van der Waals surface area contributed by atoms with Crippen molar-refractivity contribution in [1.29, 1.82) is 0 Å². The van der Waals surface area contributed by atoms with E-state index in [-0.39, 0.29) is 12.1 Å². The monoisotopic (exact) mass is 271 g/mol. The lowest BCUT2D eigenvalue weighted by Crippen LogP contribution is -2.22. The van der Waals surface area contributed by atoms with Gasteiger partial charge in [-0.3, -0.25) is 4.68 Å². The van der Waals surface area contributed by atoms with Crippen LogP contribution in [0, 0.1) is 6.92 Å². The number of aromatic nitrogens is 2. The molecule has 1 aliphatic rings. The van der Waals surface area contributed by atoms with Crippen molar-refractivity contribution in [3.63, 3.8) is 0 Å². The van der Waals surface area contributed by atoms with Gasteiger partial charge in [-0.2, -0.15) is 5.10 Å². The summed E-state index contributed by atoms with van der Waals surface area (Å²) >= 11 is 0. The Hall–Kier alpha value is -1.65. The fourth-order valence-electron chi connectivity index (χ4n) is 2.91. The van der Waals surface area contributed by atoms with E-state index in [1.165, 1.54) is 11.1 Å². The molecular formula is C16H21N3O. The van der Waals surface area contributed by atoms with E-state index in [4.69, 9.17) is 10.5 Å². The number of nitrogens with two attached hydrogens (primary N) is 1. The first-order valence-corrected chi connectivity index (χ1v) is 7.10. The van der Waals surface area contributed by atoms with Gasteiger partial charge in [-0.15, -0.1) is 0 Å². The lowest BCUT2D eigenvalue weighted by Gasteiger charge is -2.28. The Balaban J connectivity index is 1.80. The third kappa shape index (κ3) is 2.37. The zero-order chi connectivity index (χ0) is 14.1. The zero-order valence-corrected chi connectivity index (χ0v) is 12.0. The van der Waals surface area contributed by atoms with E-state index in [0.717, 1.165) is 30.7 Å². The Bertz CT molecular complexity index is 606. The number of hydrogen-bond acceptors (Lipinski definition) is 3. The molecule has 2 heterocycles. The van der Waals surface area contributed by atoms with Crippen LogP contribution in [0.15, 0.2) is 30.5 Å². The molecule has 20 heavy (non-hydrogen) atoms. The number of aryl methyl sites for hydroxylation is 1. The molecule has 4 heteroatoms. The lowest BCUT2D eigenvalue weighted by atomic mass is 9.92. The minimum absolute atomic E-state index is 0.0418. The summed E-state index contributed by atoms with van der Waals surface area (Å²) in [6.45, 7) is 2.83. The van der Waals surface area contributed by atoms with E-state index in [0.29, 0.717) is 0 Å². The third-order valence-electron chi connectivity index (χ3n) is 4.23. The summed E-state index contributed by atoms with van der Waals surface area (Å²) in [7, 11) is 1.94. The van der Waals surface area contributed by atoms with E-state index in [2.05, 4.69) is 36.3 Å². The first-order chi connectivity index (χ1) is 9.66. The van der Waals surface area contributed by atoms with Gasteiger partial charge in [0.05, 0.1) is 18.9 Å². The summed E-state index contributed by atoms with van der Waals surface area (Å²) in [4.78, 5) is 0. The van der Waals surface area contributed by atoms with E-state index in [1.54, 1.807) is 0 Å². The molecule has 1 aliphatic heterocycles. The fraction of sp³-hybridized carbons (Fsp3) is 0.438. The van der Waals surface area contributed by atoms with Gasteiger partial charge in [0.15, 0.2) is 0 Å². The molecule has 0 aliphatic carbocycles. The fourth-order valence-corrected chi connectivity index (χ4v) is 2.91. The van der Waals surface area contributed by atoms with Crippen molar-refractivity contribution in [2.24, 2.45) is 12.8 Å². The Kier molecular flexibility index (Phi) is 3.59. The van der Waals surface area contributed by atoms with Crippen LogP contribution in [0.25, 0.3) is 0 Å². The summed E-state index contributed by atoms with van der Waals surface area (Å²) in [6, 6.07) is 8.46. The molecule has 4 nitrogen and oxygen atoms in total. The van der Waals surface area contributed by atoms with Gasteiger partial charge in [0.2, 0.25) is 0 Å². The van der Waals surface area contributed by atoms with Gasteiger partial charge in [-0.05, 0) is 30.9 Å². The second-order valence-electron chi connectivity index (χ2n) is 5.46. The largest absolute Gasteiger partial charge is 0.373 e. The molecular weight excluding hydrogens is 250 g/mol. The average Bonchev–Trinajstić information content (AvgIpc) is 2.79. The van der Waals surface area contributed by atoms with E-state index in [9.17, 15) is 0 Å². The molecule has 0 spiro atoms. The van der Waals surface area contributed by atoms with E-state index in [1.807, 2.05) is 17.9 Å².